The first kappa shape index (κ1) is 13.6. The Balaban J connectivity index is 1.90. The summed E-state index contributed by atoms with van der Waals surface area (Å²) in [6.45, 7) is 2.18. The Morgan fingerprint density at radius 1 is 1.09 bits per heavy atom. The Kier molecular flexibility index (Phi) is 3.25. The Bertz CT molecular complexity index is 760. The lowest BCUT2D eigenvalue weighted by Gasteiger charge is -2.15. The molecule has 1 heterocycles. The van der Waals surface area contributed by atoms with Crippen molar-refractivity contribution >= 4 is 11.3 Å². The summed E-state index contributed by atoms with van der Waals surface area (Å²) in [5.74, 6) is 0.706. The lowest BCUT2D eigenvalue weighted by Crippen LogP contribution is -2.07. The predicted octanol–water partition coefficient (Wildman–Crippen LogP) is 5.19. The molecule has 0 bridgehead atoms. The third kappa shape index (κ3) is 2.14. The molecule has 0 fully saturated rings. The summed E-state index contributed by atoms with van der Waals surface area (Å²) in [7, 11) is 0. The number of rotatable bonds is 2. The smallest absolute Gasteiger partial charge is 0.131 e. The molecule has 0 saturated heterocycles. The summed E-state index contributed by atoms with van der Waals surface area (Å²) in [5.41, 5.74) is 5.91. The van der Waals surface area contributed by atoms with Crippen molar-refractivity contribution < 1.29 is 9.13 Å². The average Bonchev–Trinajstić information content (AvgIpc) is 2.89. The van der Waals surface area contributed by atoms with E-state index in [0.29, 0.717) is 0 Å². The van der Waals surface area contributed by atoms with E-state index in [4.69, 9.17) is 4.74 Å². The van der Waals surface area contributed by atoms with Crippen molar-refractivity contribution in [2.45, 2.75) is 38.7 Å². The second kappa shape index (κ2) is 5.28. The molecule has 1 aliphatic carbocycles. The monoisotopic (exact) mass is 294 g/mol. The molecule has 0 spiro atoms. The molecule has 0 saturated carbocycles. The van der Waals surface area contributed by atoms with Crippen LogP contribution in [0.3, 0.4) is 0 Å². The van der Waals surface area contributed by atoms with E-state index >= 15 is 0 Å². The largest absolute Gasteiger partial charge is 0.489 e. The Morgan fingerprint density at radius 3 is 2.77 bits per heavy atom. The van der Waals surface area contributed by atoms with Crippen LogP contribution in [0.15, 0.2) is 42.5 Å². The van der Waals surface area contributed by atoms with Gasteiger partial charge < -0.3 is 4.74 Å². The van der Waals surface area contributed by atoms with Crippen molar-refractivity contribution in [3.63, 3.8) is 0 Å². The number of ether oxygens (including phenoxy) is 1. The molecule has 1 atom stereocenters. The Labute approximate surface area is 130 Å². The molecule has 0 N–H and O–H groups in total. The zero-order chi connectivity index (χ0) is 15.1. The predicted molar refractivity (Wildman–Crippen MR) is 86.9 cm³/mol. The van der Waals surface area contributed by atoms with E-state index in [-0.39, 0.29) is 11.9 Å². The summed E-state index contributed by atoms with van der Waals surface area (Å²) in [6.07, 6.45) is 4.12. The van der Waals surface area contributed by atoms with Crippen molar-refractivity contribution in [1.29, 1.82) is 0 Å². The van der Waals surface area contributed by atoms with E-state index < -0.39 is 0 Å². The summed E-state index contributed by atoms with van der Waals surface area (Å²) in [4.78, 5) is 0. The van der Waals surface area contributed by atoms with E-state index in [9.17, 15) is 4.39 Å². The highest BCUT2D eigenvalue weighted by molar-refractivity contribution is 5.92. The molecule has 2 aromatic rings. The van der Waals surface area contributed by atoms with Gasteiger partial charge in [0.2, 0.25) is 0 Å². The minimum Gasteiger partial charge on any atom is -0.489 e. The van der Waals surface area contributed by atoms with Crippen LogP contribution in [0, 0.1) is 5.82 Å². The van der Waals surface area contributed by atoms with Gasteiger partial charge in [0.15, 0.2) is 0 Å². The first-order chi connectivity index (χ1) is 10.8. The third-order valence-electron chi connectivity index (χ3n) is 4.64. The van der Waals surface area contributed by atoms with Gasteiger partial charge in [-0.3, -0.25) is 0 Å². The van der Waals surface area contributed by atoms with Crippen molar-refractivity contribution in [2.75, 3.05) is 0 Å². The van der Waals surface area contributed by atoms with E-state index in [1.54, 1.807) is 12.1 Å². The van der Waals surface area contributed by atoms with Crippen LogP contribution in [-0.4, -0.2) is 6.10 Å². The van der Waals surface area contributed by atoms with Gasteiger partial charge in [-0.1, -0.05) is 43.7 Å². The van der Waals surface area contributed by atoms with Gasteiger partial charge in [-0.05, 0) is 41.7 Å². The van der Waals surface area contributed by atoms with Gasteiger partial charge in [0.25, 0.3) is 0 Å². The molecule has 1 aliphatic heterocycles. The zero-order valence-corrected chi connectivity index (χ0v) is 12.7. The molecular formula is C20H19FO. The van der Waals surface area contributed by atoms with Crippen LogP contribution >= 0.6 is 0 Å². The molecule has 2 aromatic carbocycles. The van der Waals surface area contributed by atoms with Crippen LogP contribution in [0.1, 0.15) is 48.4 Å². The van der Waals surface area contributed by atoms with Crippen LogP contribution in [0.4, 0.5) is 4.39 Å². The van der Waals surface area contributed by atoms with Gasteiger partial charge in [0, 0.05) is 17.6 Å². The Hall–Kier alpha value is -2.09. The molecule has 0 radical (unpaired) electrons. The lowest BCUT2D eigenvalue weighted by molar-refractivity contribution is 0.180. The second-order valence-corrected chi connectivity index (χ2v) is 6.18. The molecule has 1 unspecified atom stereocenters. The van der Waals surface area contributed by atoms with Gasteiger partial charge in [-0.15, -0.1) is 0 Å². The summed E-state index contributed by atoms with van der Waals surface area (Å²) >= 11 is 0. The molecule has 1 nitrogen and oxygen atoms in total. The molecule has 2 aliphatic rings. The van der Waals surface area contributed by atoms with Crippen molar-refractivity contribution in [3.05, 3.63) is 70.5 Å². The van der Waals surface area contributed by atoms with Gasteiger partial charge in [-0.2, -0.15) is 0 Å². The maximum absolute atomic E-state index is 13.8. The number of benzene rings is 2. The molecule has 4 rings (SSSR count). The highest BCUT2D eigenvalue weighted by Crippen LogP contribution is 2.44. The molecule has 2 heteroatoms. The molecule has 0 amide bonds. The standard InChI is InChI=1S/C20H19FO/c1-2-5-16-12-19-17-7-4-3-6-13(17)10-14-8-9-15(21)11-18(14)20(19)22-16/h3-4,6-9,11,16H,2,5,10,12H2,1H3. The highest BCUT2D eigenvalue weighted by atomic mass is 19.1. The summed E-state index contributed by atoms with van der Waals surface area (Å²) in [6, 6.07) is 13.6. The topological polar surface area (TPSA) is 9.23 Å². The van der Waals surface area contributed by atoms with Gasteiger partial charge >= 0.3 is 0 Å². The zero-order valence-electron chi connectivity index (χ0n) is 12.7. The lowest BCUT2D eigenvalue weighted by atomic mass is 9.94. The van der Waals surface area contributed by atoms with Crippen LogP contribution in [0.2, 0.25) is 0 Å². The van der Waals surface area contributed by atoms with E-state index in [1.165, 1.54) is 16.7 Å². The fraction of sp³-hybridized carbons (Fsp3) is 0.300. The maximum Gasteiger partial charge on any atom is 0.131 e. The van der Waals surface area contributed by atoms with Crippen LogP contribution in [-0.2, 0) is 11.2 Å². The molecule has 22 heavy (non-hydrogen) atoms. The number of halogens is 1. The first-order valence-corrected chi connectivity index (χ1v) is 8.03. The van der Waals surface area contributed by atoms with Crippen LogP contribution in [0.25, 0.3) is 11.3 Å². The summed E-state index contributed by atoms with van der Waals surface area (Å²) in [5, 5.41) is 0. The van der Waals surface area contributed by atoms with Crippen molar-refractivity contribution in [3.8, 4) is 0 Å². The van der Waals surface area contributed by atoms with Gasteiger partial charge in [0.1, 0.15) is 17.7 Å². The van der Waals surface area contributed by atoms with Gasteiger partial charge in [0.05, 0.1) is 0 Å². The fourth-order valence-electron chi connectivity index (χ4n) is 3.63. The Morgan fingerprint density at radius 2 is 1.91 bits per heavy atom. The molecule has 0 aromatic heterocycles. The molecule has 112 valence electrons. The van der Waals surface area contributed by atoms with E-state index in [1.807, 2.05) is 6.07 Å². The number of hydrogen-bond acceptors (Lipinski definition) is 1. The number of fused-ring (bicyclic) bond motifs is 4. The summed E-state index contributed by atoms with van der Waals surface area (Å²) < 4.78 is 20.0. The quantitative estimate of drug-likeness (QED) is 0.741. The maximum atomic E-state index is 13.8. The molecular weight excluding hydrogens is 275 g/mol. The fourth-order valence-corrected chi connectivity index (χ4v) is 3.63. The van der Waals surface area contributed by atoms with Crippen molar-refractivity contribution in [1.82, 2.24) is 0 Å². The highest BCUT2D eigenvalue weighted by Gasteiger charge is 2.31. The van der Waals surface area contributed by atoms with E-state index in [0.717, 1.165) is 42.6 Å². The van der Waals surface area contributed by atoms with Gasteiger partial charge in [-0.25, -0.2) is 4.39 Å². The first-order valence-electron chi connectivity index (χ1n) is 8.03. The normalized spacial score (nSPS) is 19.1. The SMILES string of the molecule is CCCC1CC2=C(O1)c1cc(F)ccc1Cc1ccccc12. The average molecular weight is 294 g/mol. The minimum absolute atomic E-state index is 0.195. The van der Waals surface area contributed by atoms with Crippen LogP contribution < -0.4 is 0 Å². The van der Waals surface area contributed by atoms with Crippen molar-refractivity contribution in [2.24, 2.45) is 0 Å². The second-order valence-electron chi connectivity index (χ2n) is 6.18. The van der Waals surface area contributed by atoms with Crippen LogP contribution in [0.5, 0.6) is 0 Å². The van der Waals surface area contributed by atoms with E-state index in [2.05, 4.69) is 31.2 Å². The third-order valence-corrected chi connectivity index (χ3v) is 4.64. The minimum atomic E-state index is -0.195. The number of hydrogen-bond donors (Lipinski definition) is 0.